The molecule has 0 spiro atoms. The molecule has 0 atom stereocenters. The van der Waals surface area contributed by atoms with Crippen molar-refractivity contribution in [2.75, 3.05) is 0 Å². The molecule has 0 bridgehead atoms. The average molecular weight is 327 g/mol. The molecule has 0 radical (unpaired) electrons. The van der Waals surface area contributed by atoms with Crippen LogP contribution in [-0.2, 0) is 6.54 Å². The maximum absolute atomic E-state index is 12.9. The maximum Gasteiger partial charge on any atom is 0.210 e. The molecule has 114 valence electrons. The quantitative estimate of drug-likeness (QED) is 0.575. The summed E-state index contributed by atoms with van der Waals surface area (Å²) in [5.41, 5.74) is 1.45. The van der Waals surface area contributed by atoms with Crippen molar-refractivity contribution >= 4 is 11.3 Å². The van der Waals surface area contributed by atoms with Gasteiger partial charge in [0.15, 0.2) is 10.8 Å². The molecule has 0 unspecified atom stereocenters. The lowest BCUT2D eigenvalue weighted by molar-refractivity contribution is 0.373. The molecule has 0 N–H and O–H groups in total. The second kappa shape index (κ2) is 5.73. The van der Waals surface area contributed by atoms with Crippen molar-refractivity contribution in [2.45, 2.75) is 6.54 Å². The Labute approximate surface area is 134 Å². The van der Waals surface area contributed by atoms with E-state index in [9.17, 15) is 4.39 Å². The SMILES string of the molecule is Fc1ccc(-c2cc(Cn3cnc(-c4nccs4)n3)on2)cc1. The lowest BCUT2D eigenvalue weighted by Crippen LogP contribution is -1.99. The van der Waals surface area contributed by atoms with E-state index in [1.807, 2.05) is 5.38 Å². The molecule has 0 fully saturated rings. The highest BCUT2D eigenvalue weighted by Gasteiger charge is 2.10. The number of halogens is 1. The Morgan fingerprint density at radius 2 is 2.04 bits per heavy atom. The maximum atomic E-state index is 12.9. The summed E-state index contributed by atoms with van der Waals surface area (Å²) in [5, 5.41) is 11.0. The molecule has 4 aromatic rings. The Balaban J connectivity index is 1.53. The summed E-state index contributed by atoms with van der Waals surface area (Å²) >= 11 is 1.48. The molecule has 8 heteroatoms. The lowest BCUT2D eigenvalue weighted by atomic mass is 10.1. The molecule has 3 aromatic heterocycles. The van der Waals surface area contributed by atoms with E-state index in [0.717, 1.165) is 10.6 Å². The highest BCUT2D eigenvalue weighted by molar-refractivity contribution is 7.12. The van der Waals surface area contributed by atoms with E-state index < -0.39 is 0 Å². The number of nitrogens with zero attached hydrogens (tertiary/aromatic N) is 5. The standard InChI is InChI=1S/C15H10FN5OS/c16-11-3-1-10(2-4-11)13-7-12(22-20-13)8-21-9-18-14(19-21)15-17-5-6-23-15/h1-7,9H,8H2. The van der Waals surface area contributed by atoms with Crippen LogP contribution >= 0.6 is 11.3 Å². The van der Waals surface area contributed by atoms with E-state index in [1.165, 1.54) is 23.5 Å². The number of aromatic nitrogens is 5. The van der Waals surface area contributed by atoms with E-state index >= 15 is 0 Å². The Hall–Kier alpha value is -2.87. The Morgan fingerprint density at radius 3 is 2.83 bits per heavy atom. The van der Waals surface area contributed by atoms with Crippen molar-refractivity contribution in [3.8, 4) is 22.1 Å². The van der Waals surface area contributed by atoms with Crippen molar-refractivity contribution in [3.05, 3.63) is 59.8 Å². The van der Waals surface area contributed by atoms with Crippen molar-refractivity contribution in [3.63, 3.8) is 0 Å². The summed E-state index contributed by atoms with van der Waals surface area (Å²) < 4.78 is 19.9. The predicted molar refractivity (Wildman–Crippen MR) is 82.1 cm³/mol. The predicted octanol–water partition coefficient (Wildman–Crippen LogP) is 3.24. The zero-order valence-electron chi connectivity index (χ0n) is 11.8. The number of rotatable bonds is 4. The molecule has 0 aliphatic carbocycles. The van der Waals surface area contributed by atoms with Gasteiger partial charge in [-0.2, -0.15) is 0 Å². The molecule has 3 heterocycles. The number of hydrogen-bond donors (Lipinski definition) is 0. The van der Waals surface area contributed by atoms with E-state index in [-0.39, 0.29) is 5.82 Å². The van der Waals surface area contributed by atoms with Crippen LogP contribution in [0.5, 0.6) is 0 Å². The van der Waals surface area contributed by atoms with Gasteiger partial charge >= 0.3 is 0 Å². The van der Waals surface area contributed by atoms with Gasteiger partial charge in [0.2, 0.25) is 5.82 Å². The second-order valence-electron chi connectivity index (χ2n) is 4.79. The molecule has 6 nitrogen and oxygen atoms in total. The van der Waals surface area contributed by atoms with Gasteiger partial charge in [0.25, 0.3) is 0 Å². The third-order valence-electron chi connectivity index (χ3n) is 3.18. The van der Waals surface area contributed by atoms with E-state index in [1.54, 1.807) is 35.4 Å². The summed E-state index contributed by atoms with van der Waals surface area (Å²) in [5.74, 6) is 0.938. The van der Waals surface area contributed by atoms with Crippen LogP contribution in [0.4, 0.5) is 4.39 Å². The normalized spacial score (nSPS) is 11.0. The summed E-state index contributed by atoms with van der Waals surface area (Å²) in [7, 11) is 0. The van der Waals surface area contributed by atoms with Gasteiger partial charge in [0.05, 0.1) is 0 Å². The zero-order chi connectivity index (χ0) is 15.6. The highest BCUT2D eigenvalue weighted by Crippen LogP contribution is 2.20. The third-order valence-corrected chi connectivity index (χ3v) is 3.95. The fraction of sp³-hybridized carbons (Fsp3) is 0.0667. The molecular weight excluding hydrogens is 317 g/mol. The van der Waals surface area contributed by atoms with Crippen LogP contribution in [0.15, 0.2) is 52.8 Å². The monoisotopic (exact) mass is 327 g/mol. The zero-order valence-corrected chi connectivity index (χ0v) is 12.6. The minimum absolute atomic E-state index is 0.283. The molecule has 0 aliphatic heterocycles. The van der Waals surface area contributed by atoms with Crippen LogP contribution in [-0.4, -0.2) is 24.9 Å². The third kappa shape index (κ3) is 2.88. The van der Waals surface area contributed by atoms with Gasteiger partial charge < -0.3 is 4.52 Å². The molecule has 0 saturated carbocycles. The van der Waals surface area contributed by atoms with Gasteiger partial charge in [-0.1, -0.05) is 5.16 Å². The molecule has 4 rings (SSSR count). The van der Waals surface area contributed by atoms with Crippen molar-refractivity contribution in [1.29, 1.82) is 0 Å². The van der Waals surface area contributed by atoms with Gasteiger partial charge in [0.1, 0.15) is 24.4 Å². The first-order valence-electron chi connectivity index (χ1n) is 6.79. The van der Waals surface area contributed by atoms with E-state index in [0.29, 0.717) is 23.8 Å². The average Bonchev–Trinajstić information content (AvgIpc) is 3.29. The fourth-order valence-corrected chi connectivity index (χ4v) is 2.68. The van der Waals surface area contributed by atoms with Crippen LogP contribution in [0.2, 0.25) is 0 Å². The number of thiazole rings is 1. The Bertz CT molecular complexity index is 914. The molecule has 0 aliphatic rings. The van der Waals surface area contributed by atoms with Gasteiger partial charge in [-0.15, -0.1) is 16.4 Å². The van der Waals surface area contributed by atoms with E-state index in [4.69, 9.17) is 4.52 Å². The highest BCUT2D eigenvalue weighted by atomic mass is 32.1. The first kappa shape index (κ1) is 13.8. The summed E-state index contributed by atoms with van der Waals surface area (Å²) in [6, 6.07) is 7.90. The molecule has 0 amide bonds. The second-order valence-corrected chi connectivity index (χ2v) is 5.68. The van der Waals surface area contributed by atoms with Gasteiger partial charge in [-0.3, -0.25) is 0 Å². The van der Waals surface area contributed by atoms with Gasteiger partial charge in [0, 0.05) is 23.2 Å². The van der Waals surface area contributed by atoms with Gasteiger partial charge in [-0.25, -0.2) is 19.0 Å². The van der Waals surface area contributed by atoms with E-state index in [2.05, 4.69) is 20.2 Å². The minimum Gasteiger partial charge on any atom is -0.359 e. The number of hydrogen-bond acceptors (Lipinski definition) is 6. The van der Waals surface area contributed by atoms with Crippen LogP contribution in [0.3, 0.4) is 0 Å². The van der Waals surface area contributed by atoms with Crippen LogP contribution in [0, 0.1) is 5.82 Å². The smallest absolute Gasteiger partial charge is 0.210 e. The van der Waals surface area contributed by atoms with Crippen LogP contribution in [0.25, 0.3) is 22.1 Å². The molecule has 0 saturated heterocycles. The summed E-state index contributed by atoms with van der Waals surface area (Å²) in [4.78, 5) is 8.40. The molecule has 23 heavy (non-hydrogen) atoms. The van der Waals surface area contributed by atoms with Crippen molar-refractivity contribution in [1.82, 2.24) is 24.9 Å². The fourth-order valence-electron chi connectivity index (χ4n) is 2.11. The summed E-state index contributed by atoms with van der Waals surface area (Å²) in [6.45, 7) is 0.409. The number of benzene rings is 1. The molecule has 1 aromatic carbocycles. The Kier molecular flexibility index (Phi) is 3.43. The van der Waals surface area contributed by atoms with Crippen molar-refractivity contribution < 1.29 is 8.91 Å². The van der Waals surface area contributed by atoms with Gasteiger partial charge in [-0.05, 0) is 24.3 Å². The summed E-state index contributed by atoms with van der Waals surface area (Å²) in [6.07, 6.45) is 3.34. The van der Waals surface area contributed by atoms with Crippen LogP contribution in [0.1, 0.15) is 5.76 Å². The minimum atomic E-state index is -0.283. The van der Waals surface area contributed by atoms with Crippen LogP contribution < -0.4 is 0 Å². The first-order valence-corrected chi connectivity index (χ1v) is 7.67. The lowest BCUT2D eigenvalue weighted by Gasteiger charge is -1.94. The topological polar surface area (TPSA) is 69.6 Å². The Morgan fingerprint density at radius 1 is 1.17 bits per heavy atom. The van der Waals surface area contributed by atoms with Crippen molar-refractivity contribution in [2.24, 2.45) is 0 Å². The largest absolute Gasteiger partial charge is 0.359 e. The first-order chi connectivity index (χ1) is 11.3. The molecular formula is C15H10FN5OS.